The number of likely N-dealkylation sites (N-methyl/N-ethyl adjacent to an activating group) is 1. The molecule has 0 spiro atoms. The van der Waals surface area contributed by atoms with Crippen LogP contribution >= 0.6 is 0 Å². The molecule has 1 N–H and O–H groups in total. The van der Waals surface area contributed by atoms with Gasteiger partial charge in [-0.3, -0.25) is 0 Å². The van der Waals surface area contributed by atoms with Crippen molar-refractivity contribution in [3.05, 3.63) is 23.8 Å². The summed E-state index contributed by atoms with van der Waals surface area (Å²) < 4.78 is 10.4. The second kappa shape index (κ2) is 6.47. The molecule has 0 bridgehead atoms. The summed E-state index contributed by atoms with van der Waals surface area (Å²) in [4.78, 5) is 2.05. The highest BCUT2D eigenvalue weighted by Gasteiger charge is 2.15. The highest BCUT2D eigenvalue weighted by atomic mass is 16.5. The largest absolute Gasteiger partial charge is 0.497 e. The summed E-state index contributed by atoms with van der Waals surface area (Å²) in [5.41, 5.74) is 0.786. The molecular weight excluding hydrogens is 218 g/mol. The van der Waals surface area contributed by atoms with Crippen LogP contribution < -0.4 is 9.47 Å². The van der Waals surface area contributed by atoms with Gasteiger partial charge in [-0.2, -0.15) is 0 Å². The molecule has 0 saturated heterocycles. The van der Waals surface area contributed by atoms with E-state index in [1.54, 1.807) is 20.3 Å². The fourth-order valence-electron chi connectivity index (χ4n) is 1.62. The first-order chi connectivity index (χ1) is 8.12. The summed E-state index contributed by atoms with van der Waals surface area (Å²) in [6.07, 6.45) is -0.555. The van der Waals surface area contributed by atoms with Crippen molar-refractivity contribution in [3.63, 3.8) is 0 Å². The molecule has 1 atom stereocenters. The Morgan fingerprint density at radius 1 is 1.29 bits per heavy atom. The molecule has 1 unspecified atom stereocenters. The zero-order valence-electron chi connectivity index (χ0n) is 10.9. The Balaban J connectivity index is 2.88. The molecule has 1 aromatic rings. The maximum Gasteiger partial charge on any atom is 0.128 e. The first kappa shape index (κ1) is 13.8. The van der Waals surface area contributed by atoms with Crippen LogP contribution in [0.25, 0.3) is 0 Å². The van der Waals surface area contributed by atoms with Crippen LogP contribution in [0.3, 0.4) is 0 Å². The van der Waals surface area contributed by atoms with Crippen molar-refractivity contribution in [1.82, 2.24) is 4.90 Å². The molecule has 96 valence electrons. The van der Waals surface area contributed by atoms with E-state index in [2.05, 4.69) is 6.92 Å². The normalized spacial score (nSPS) is 12.6. The number of aliphatic hydroxyl groups is 1. The maximum absolute atomic E-state index is 10.1. The van der Waals surface area contributed by atoms with Crippen molar-refractivity contribution in [2.75, 3.05) is 34.4 Å². The molecule has 17 heavy (non-hydrogen) atoms. The third kappa shape index (κ3) is 3.61. The van der Waals surface area contributed by atoms with Gasteiger partial charge in [-0.1, -0.05) is 6.92 Å². The Bertz CT molecular complexity index is 355. The first-order valence-electron chi connectivity index (χ1n) is 5.70. The van der Waals surface area contributed by atoms with E-state index >= 15 is 0 Å². The molecule has 0 aromatic heterocycles. The summed E-state index contributed by atoms with van der Waals surface area (Å²) in [5, 5.41) is 10.1. The van der Waals surface area contributed by atoms with Gasteiger partial charge in [0.1, 0.15) is 11.5 Å². The van der Waals surface area contributed by atoms with Gasteiger partial charge in [0.15, 0.2) is 0 Å². The molecule has 0 aliphatic carbocycles. The Kier molecular flexibility index (Phi) is 5.25. The van der Waals surface area contributed by atoms with Crippen molar-refractivity contribution < 1.29 is 14.6 Å². The van der Waals surface area contributed by atoms with Gasteiger partial charge in [-0.25, -0.2) is 0 Å². The standard InChI is InChI=1S/C13H21NO3/c1-5-14(2)9-12(15)11-7-6-10(16-3)8-13(11)17-4/h6-8,12,15H,5,9H2,1-4H3. The van der Waals surface area contributed by atoms with Gasteiger partial charge >= 0.3 is 0 Å². The van der Waals surface area contributed by atoms with Crippen LogP contribution in [-0.4, -0.2) is 44.4 Å². The summed E-state index contributed by atoms with van der Waals surface area (Å²) >= 11 is 0. The van der Waals surface area contributed by atoms with E-state index in [4.69, 9.17) is 9.47 Å². The molecule has 4 heteroatoms. The minimum absolute atomic E-state index is 0.555. The van der Waals surface area contributed by atoms with E-state index in [1.165, 1.54) is 0 Å². The fourth-order valence-corrected chi connectivity index (χ4v) is 1.62. The molecule has 0 heterocycles. The van der Waals surface area contributed by atoms with Gasteiger partial charge in [0.2, 0.25) is 0 Å². The Morgan fingerprint density at radius 2 is 2.00 bits per heavy atom. The lowest BCUT2D eigenvalue weighted by molar-refractivity contribution is 0.126. The molecule has 0 saturated carbocycles. The number of methoxy groups -OCH3 is 2. The molecular formula is C13H21NO3. The van der Waals surface area contributed by atoms with Gasteiger partial charge < -0.3 is 19.5 Å². The third-order valence-corrected chi connectivity index (χ3v) is 2.82. The second-order valence-corrected chi connectivity index (χ2v) is 3.98. The summed E-state index contributed by atoms with van der Waals surface area (Å²) in [7, 11) is 5.17. The molecule has 0 radical (unpaired) electrons. The SMILES string of the molecule is CCN(C)CC(O)c1ccc(OC)cc1OC. The number of aliphatic hydroxyl groups excluding tert-OH is 1. The molecule has 4 nitrogen and oxygen atoms in total. The van der Waals surface area contributed by atoms with Crippen molar-refractivity contribution in [2.45, 2.75) is 13.0 Å². The first-order valence-corrected chi connectivity index (χ1v) is 5.70. The minimum Gasteiger partial charge on any atom is -0.497 e. The smallest absolute Gasteiger partial charge is 0.128 e. The van der Waals surface area contributed by atoms with Crippen molar-refractivity contribution in [3.8, 4) is 11.5 Å². The molecule has 0 amide bonds. The van der Waals surface area contributed by atoms with Crippen molar-refractivity contribution in [1.29, 1.82) is 0 Å². The van der Waals surface area contributed by atoms with Crippen LogP contribution in [0.15, 0.2) is 18.2 Å². The van der Waals surface area contributed by atoms with E-state index in [1.807, 2.05) is 24.1 Å². The van der Waals surface area contributed by atoms with E-state index in [0.29, 0.717) is 12.3 Å². The highest BCUT2D eigenvalue weighted by molar-refractivity contribution is 5.42. The average Bonchev–Trinajstić information content (AvgIpc) is 2.37. The Hall–Kier alpha value is -1.26. The monoisotopic (exact) mass is 239 g/mol. The number of rotatable bonds is 6. The van der Waals surface area contributed by atoms with Crippen LogP contribution in [0.1, 0.15) is 18.6 Å². The van der Waals surface area contributed by atoms with E-state index < -0.39 is 6.10 Å². The van der Waals surface area contributed by atoms with Gasteiger partial charge in [0, 0.05) is 18.2 Å². The van der Waals surface area contributed by atoms with Gasteiger partial charge in [0.05, 0.1) is 20.3 Å². The van der Waals surface area contributed by atoms with Gasteiger partial charge in [-0.05, 0) is 25.7 Å². The maximum atomic E-state index is 10.1. The number of ether oxygens (including phenoxy) is 2. The number of hydrogen-bond donors (Lipinski definition) is 1. The number of benzene rings is 1. The van der Waals surface area contributed by atoms with Crippen molar-refractivity contribution in [2.24, 2.45) is 0 Å². The zero-order valence-corrected chi connectivity index (χ0v) is 10.9. The Morgan fingerprint density at radius 3 is 2.53 bits per heavy atom. The summed E-state index contributed by atoms with van der Waals surface area (Å²) in [6.45, 7) is 3.53. The minimum atomic E-state index is -0.555. The van der Waals surface area contributed by atoms with Crippen LogP contribution in [0.4, 0.5) is 0 Å². The van der Waals surface area contributed by atoms with Gasteiger partial charge in [0.25, 0.3) is 0 Å². The third-order valence-electron chi connectivity index (χ3n) is 2.82. The van der Waals surface area contributed by atoms with E-state index in [9.17, 15) is 5.11 Å². The second-order valence-electron chi connectivity index (χ2n) is 3.98. The molecule has 1 rings (SSSR count). The number of hydrogen-bond acceptors (Lipinski definition) is 4. The van der Waals surface area contributed by atoms with Crippen LogP contribution in [0.2, 0.25) is 0 Å². The molecule has 0 aliphatic heterocycles. The zero-order chi connectivity index (χ0) is 12.8. The lowest BCUT2D eigenvalue weighted by Gasteiger charge is -2.20. The Labute approximate surface area is 103 Å². The van der Waals surface area contributed by atoms with E-state index in [0.717, 1.165) is 17.9 Å². The summed E-state index contributed by atoms with van der Waals surface area (Å²) in [5.74, 6) is 1.38. The predicted octanol–water partition coefficient (Wildman–Crippen LogP) is 1.69. The van der Waals surface area contributed by atoms with Crippen molar-refractivity contribution >= 4 is 0 Å². The predicted molar refractivity (Wildman–Crippen MR) is 67.7 cm³/mol. The van der Waals surface area contributed by atoms with Crippen LogP contribution in [0.5, 0.6) is 11.5 Å². The molecule has 0 aliphatic rings. The van der Waals surface area contributed by atoms with Crippen LogP contribution in [0, 0.1) is 0 Å². The summed E-state index contributed by atoms with van der Waals surface area (Å²) in [6, 6.07) is 5.45. The number of nitrogens with zero attached hydrogens (tertiary/aromatic N) is 1. The quantitative estimate of drug-likeness (QED) is 0.820. The lowest BCUT2D eigenvalue weighted by Crippen LogP contribution is -2.24. The fraction of sp³-hybridized carbons (Fsp3) is 0.538. The average molecular weight is 239 g/mol. The van der Waals surface area contributed by atoms with E-state index in [-0.39, 0.29) is 0 Å². The topological polar surface area (TPSA) is 41.9 Å². The molecule has 1 aromatic carbocycles. The lowest BCUT2D eigenvalue weighted by atomic mass is 10.1. The van der Waals surface area contributed by atoms with Crippen LogP contribution in [-0.2, 0) is 0 Å². The molecule has 0 fully saturated rings. The highest BCUT2D eigenvalue weighted by Crippen LogP contribution is 2.29. The van der Waals surface area contributed by atoms with Gasteiger partial charge in [-0.15, -0.1) is 0 Å².